The summed E-state index contributed by atoms with van der Waals surface area (Å²) in [6.45, 7) is 6.43. The Hall–Kier alpha value is -3.12. The smallest absolute Gasteiger partial charge is 0.271 e. The van der Waals surface area contributed by atoms with Gasteiger partial charge in [-0.05, 0) is 59.0 Å². The van der Waals surface area contributed by atoms with Crippen LogP contribution in [-0.4, -0.2) is 24.2 Å². The molecule has 5 nitrogen and oxygen atoms in total. The maximum Gasteiger partial charge on any atom is 0.271 e. The number of benzene rings is 2. The summed E-state index contributed by atoms with van der Waals surface area (Å²) in [5, 5.41) is 5.07. The predicted molar refractivity (Wildman–Crippen MR) is 127 cm³/mol. The zero-order valence-corrected chi connectivity index (χ0v) is 19.1. The fraction of sp³-hybridized carbons (Fsp3) is 0.240. The largest absolute Gasteiger partial charge is 0.496 e. The Bertz CT molecular complexity index is 1040. The van der Waals surface area contributed by atoms with Gasteiger partial charge < -0.3 is 4.74 Å². The first kappa shape index (κ1) is 22.6. The van der Waals surface area contributed by atoms with Gasteiger partial charge in [-0.15, -0.1) is 11.8 Å². The first-order valence-corrected chi connectivity index (χ1v) is 11.0. The van der Waals surface area contributed by atoms with Crippen molar-refractivity contribution in [2.24, 2.45) is 5.10 Å². The molecule has 0 bridgehead atoms. The molecule has 0 spiro atoms. The summed E-state index contributed by atoms with van der Waals surface area (Å²) in [6.07, 6.45) is 3.41. The van der Waals surface area contributed by atoms with Crippen LogP contribution >= 0.6 is 11.8 Å². The molecule has 1 heterocycles. The van der Waals surface area contributed by atoms with Gasteiger partial charge in [0.2, 0.25) is 0 Å². The highest BCUT2D eigenvalue weighted by molar-refractivity contribution is 7.98. The number of ether oxygens (including phenoxy) is 1. The van der Waals surface area contributed by atoms with Crippen molar-refractivity contribution in [1.29, 1.82) is 0 Å². The van der Waals surface area contributed by atoms with Gasteiger partial charge in [0, 0.05) is 23.1 Å². The van der Waals surface area contributed by atoms with Crippen molar-refractivity contribution in [3.05, 3.63) is 89.1 Å². The van der Waals surface area contributed by atoms with E-state index < -0.39 is 0 Å². The topological polar surface area (TPSA) is 63.6 Å². The second-order valence-electron chi connectivity index (χ2n) is 8.05. The lowest BCUT2D eigenvalue weighted by Crippen LogP contribution is -2.18. The molecular formula is C25H27N3O2S. The van der Waals surface area contributed by atoms with Crippen LogP contribution in [0.15, 0.2) is 77.0 Å². The van der Waals surface area contributed by atoms with Crippen LogP contribution in [0.1, 0.15) is 47.8 Å². The van der Waals surface area contributed by atoms with Crippen LogP contribution < -0.4 is 10.2 Å². The minimum absolute atomic E-state index is 0.0497. The van der Waals surface area contributed by atoms with Crippen LogP contribution in [-0.2, 0) is 11.2 Å². The van der Waals surface area contributed by atoms with Gasteiger partial charge >= 0.3 is 0 Å². The lowest BCUT2D eigenvalue weighted by atomic mass is 9.87. The number of pyridine rings is 1. The number of hydrogen-bond acceptors (Lipinski definition) is 5. The van der Waals surface area contributed by atoms with E-state index in [-0.39, 0.29) is 11.3 Å². The number of carbonyl (C=O) groups is 1. The Balaban J connectivity index is 1.64. The molecule has 0 unspecified atom stereocenters. The molecule has 1 amide bonds. The van der Waals surface area contributed by atoms with Crippen LogP contribution in [0.5, 0.6) is 5.75 Å². The number of methoxy groups -OCH3 is 1. The van der Waals surface area contributed by atoms with Crippen LogP contribution in [0, 0.1) is 0 Å². The minimum Gasteiger partial charge on any atom is -0.496 e. The summed E-state index contributed by atoms with van der Waals surface area (Å²) in [5.41, 5.74) is 6.31. The average molecular weight is 434 g/mol. The number of thioether (sulfide) groups is 1. The molecule has 2 aromatic carbocycles. The Kier molecular flexibility index (Phi) is 7.47. The van der Waals surface area contributed by atoms with E-state index in [1.54, 1.807) is 31.3 Å². The number of carbonyl (C=O) groups excluding carboxylic acids is 1. The molecular weight excluding hydrogens is 406 g/mol. The molecule has 31 heavy (non-hydrogen) atoms. The van der Waals surface area contributed by atoms with E-state index in [2.05, 4.69) is 36.3 Å². The summed E-state index contributed by atoms with van der Waals surface area (Å²) >= 11 is 1.64. The van der Waals surface area contributed by atoms with E-state index in [0.717, 1.165) is 21.9 Å². The first-order valence-electron chi connectivity index (χ1n) is 10.0. The van der Waals surface area contributed by atoms with Crippen molar-refractivity contribution in [2.45, 2.75) is 37.0 Å². The lowest BCUT2D eigenvalue weighted by Gasteiger charge is -2.18. The van der Waals surface area contributed by atoms with Crippen LogP contribution in [0.4, 0.5) is 0 Å². The Morgan fingerprint density at radius 2 is 1.90 bits per heavy atom. The number of nitrogens with zero attached hydrogens (tertiary/aromatic N) is 2. The molecule has 160 valence electrons. The fourth-order valence-electron chi connectivity index (χ4n) is 2.93. The van der Waals surface area contributed by atoms with Crippen molar-refractivity contribution in [2.75, 3.05) is 7.11 Å². The van der Waals surface area contributed by atoms with E-state index >= 15 is 0 Å². The molecule has 0 saturated heterocycles. The third-order valence-corrected chi connectivity index (χ3v) is 5.70. The van der Waals surface area contributed by atoms with E-state index in [4.69, 9.17) is 4.74 Å². The molecule has 1 aromatic heterocycles. The highest BCUT2D eigenvalue weighted by Gasteiger charge is 2.14. The minimum atomic E-state index is -0.240. The second-order valence-corrected chi connectivity index (χ2v) is 9.05. The summed E-state index contributed by atoms with van der Waals surface area (Å²) in [5.74, 6) is 1.29. The normalized spacial score (nSPS) is 11.5. The molecule has 3 rings (SSSR count). The van der Waals surface area contributed by atoms with Gasteiger partial charge in [0.05, 0.1) is 18.4 Å². The fourth-order valence-corrected chi connectivity index (χ4v) is 3.77. The van der Waals surface area contributed by atoms with Crippen molar-refractivity contribution in [1.82, 2.24) is 10.4 Å². The van der Waals surface area contributed by atoms with Crippen LogP contribution in [0.3, 0.4) is 0 Å². The van der Waals surface area contributed by atoms with Gasteiger partial charge in [-0.1, -0.05) is 39.0 Å². The SMILES string of the molecule is COc1ccc(/C=N\NC(=O)c2ccc(C(C)(C)C)cc2)cc1CSc1ccccn1. The molecule has 0 aliphatic heterocycles. The predicted octanol–water partition coefficient (Wildman–Crippen LogP) is 5.44. The van der Waals surface area contributed by atoms with Crippen molar-refractivity contribution in [3.8, 4) is 5.75 Å². The number of hydrogen-bond donors (Lipinski definition) is 1. The number of rotatable bonds is 7. The molecule has 0 aliphatic carbocycles. The molecule has 0 atom stereocenters. The van der Waals surface area contributed by atoms with Crippen molar-refractivity contribution >= 4 is 23.9 Å². The monoisotopic (exact) mass is 433 g/mol. The summed E-state index contributed by atoms with van der Waals surface area (Å²) in [6, 6.07) is 19.3. The number of aromatic nitrogens is 1. The van der Waals surface area contributed by atoms with E-state index in [1.807, 2.05) is 60.7 Å². The van der Waals surface area contributed by atoms with E-state index in [9.17, 15) is 4.79 Å². The highest BCUT2D eigenvalue weighted by atomic mass is 32.2. The standard InChI is InChI=1S/C25H27N3O2S/c1-25(2,3)21-11-9-19(10-12-21)24(29)28-27-16-18-8-13-22(30-4)20(15-18)17-31-23-7-5-6-14-26-23/h5-16H,17H2,1-4H3,(H,28,29)/b27-16-. The molecule has 0 fully saturated rings. The molecule has 3 aromatic rings. The van der Waals surface area contributed by atoms with Gasteiger partial charge in [0.15, 0.2) is 0 Å². The number of hydrazone groups is 1. The lowest BCUT2D eigenvalue weighted by molar-refractivity contribution is 0.0955. The summed E-state index contributed by atoms with van der Waals surface area (Å²) in [4.78, 5) is 16.7. The molecule has 6 heteroatoms. The Morgan fingerprint density at radius 1 is 1.13 bits per heavy atom. The zero-order chi connectivity index (χ0) is 22.3. The van der Waals surface area contributed by atoms with E-state index in [1.165, 1.54) is 5.56 Å². The Morgan fingerprint density at radius 3 is 2.55 bits per heavy atom. The highest BCUT2D eigenvalue weighted by Crippen LogP contribution is 2.27. The average Bonchev–Trinajstić information content (AvgIpc) is 2.78. The van der Waals surface area contributed by atoms with Gasteiger partial charge in [-0.25, -0.2) is 10.4 Å². The van der Waals surface area contributed by atoms with Gasteiger partial charge in [-0.2, -0.15) is 5.10 Å². The third kappa shape index (κ3) is 6.43. The molecule has 0 radical (unpaired) electrons. The van der Waals surface area contributed by atoms with Gasteiger partial charge in [0.25, 0.3) is 5.91 Å². The summed E-state index contributed by atoms with van der Waals surface area (Å²) in [7, 11) is 1.66. The molecule has 0 saturated carbocycles. The Labute approximate surface area is 187 Å². The first-order chi connectivity index (χ1) is 14.9. The summed E-state index contributed by atoms with van der Waals surface area (Å²) < 4.78 is 5.47. The van der Waals surface area contributed by atoms with Gasteiger partial charge in [-0.3, -0.25) is 4.79 Å². The quantitative estimate of drug-likeness (QED) is 0.306. The van der Waals surface area contributed by atoms with E-state index in [0.29, 0.717) is 11.3 Å². The van der Waals surface area contributed by atoms with Crippen LogP contribution in [0.25, 0.3) is 0 Å². The molecule has 1 N–H and O–H groups in total. The maximum absolute atomic E-state index is 12.4. The zero-order valence-electron chi connectivity index (χ0n) is 18.3. The molecule has 0 aliphatic rings. The van der Waals surface area contributed by atoms with Crippen molar-refractivity contribution in [3.63, 3.8) is 0 Å². The number of amides is 1. The van der Waals surface area contributed by atoms with Crippen molar-refractivity contribution < 1.29 is 9.53 Å². The second kappa shape index (κ2) is 10.3. The number of nitrogens with one attached hydrogen (secondary N) is 1. The van der Waals surface area contributed by atoms with Crippen LogP contribution in [0.2, 0.25) is 0 Å². The maximum atomic E-state index is 12.4. The van der Waals surface area contributed by atoms with Gasteiger partial charge in [0.1, 0.15) is 5.75 Å². The third-order valence-electron chi connectivity index (χ3n) is 4.71.